The van der Waals surface area contributed by atoms with Crippen molar-refractivity contribution in [2.75, 3.05) is 0 Å². The second kappa shape index (κ2) is 6.50. The summed E-state index contributed by atoms with van der Waals surface area (Å²) in [6.45, 7) is 0.391. The number of halogens is 2. The van der Waals surface area contributed by atoms with Gasteiger partial charge in [-0.25, -0.2) is 9.18 Å². The van der Waals surface area contributed by atoms with Crippen LogP contribution in [0.3, 0.4) is 0 Å². The zero-order chi connectivity index (χ0) is 14.5. The minimum atomic E-state index is -1.17. The lowest BCUT2D eigenvalue weighted by Crippen LogP contribution is -2.01. The van der Waals surface area contributed by atoms with E-state index in [0.29, 0.717) is 10.6 Å². The Morgan fingerprint density at radius 1 is 1.20 bits per heavy atom. The number of aromatic carboxylic acids is 1. The Kier molecular flexibility index (Phi) is 4.71. The molecule has 2 aromatic carbocycles. The molecule has 0 radical (unpaired) electrons. The highest BCUT2D eigenvalue weighted by Gasteiger charge is 2.07. The van der Waals surface area contributed by atoms with E-state index in [1.807, 2.05) is 18.2 Å². The molecule has 0 aliphatic rings. The summed E-state index contributed by atoms with van der Waals surface area (Å²) in [5, 5.41) is 9.44. The van der Waals surface area contributed by atoms with Gasteiger partial charge in [0, 0.05) is 5.02 Å². The molecule has 0 aromatic heterocycles. The molecule has 0 saturated carbocycles. The fourth-order valence-electron chi connectivity index (χ4n) is 1.75. The van der Waals surface area contributed by atoms with E-state index in [1.54, 1.807) is 6.07 Å². The maximum Gasteiger partial charge on any atom is 0.335 e. The average molecular weight is 295 g/mol. The van der Waals surface area contributed by atoms with E-state index in [1.165, 1.54) is 12.1 Å². The van der Waals surface area contributed by atoms with E-state index in [9.17, 15) is 9.18 Å². The average Bonchev–Trinajstić information content (AvgIpc) is 2.40. The predicted molar refractivity (Wildman–Crippen MR) is 73.3 cm³/mol. The maximum atomic E-state index is 13.3. The van der Waals surface area contributed by atoms with Gasteiger partial charge < -0.3 is 9.84 Å². The number of hydrogen-bond donors (Lipinski definition) is 1. The summed E-state index contributed by atoms with van der Waals surface area (Å²) in [5.74, 6) is -1.77. The van der Waals surface area contributed by atoms with E-state index >= 15 is 0 Å². The van der Waals surface area contributed by atoms with Crippen LogP contribution < -0.4 is 0 Å². The van der Waals surface area contributed by atoms with Gasteiger partial charge in [0.15, 0.2) is 0 Å². The van der Waals surface area contributed by atoms with E-state index < -0.39 is 11.8 Å². The highest BCUT2D eigenvalue weighted by molar-refractivity contribution is 6.31. The lowest BCUT2D eigenvalue weighted by Gasteiger charge is -2.07. The first-order chi connectivity index (χ1) is 9.56. The molecule has 2 aromatic rings. The summed E-state index contributed by atoms with van der Waals surface area (Å²) in [4.78, 5) is 10.8. The zero-order valence-electron chi connectivity index (χ0n) is 10.5. The van der Waals surface area contributed by atoms with Crippen molar-refractivity contribution in [2.24, 2.45) is 0 Å². The quantitative estimate of drug-likeness (QED) is 0.910. The Hall–Kier alpha value is -1.91. The molecule has 0 heterocycles. The first-order valence-electron chi connectivity index (χ1n) is 5.90. The van der Waals surface area contributed by atoms with Gasteiger partial charge in [0.05, 0.1) is 18.8 Å². The smallest absolute Gasteiger partial charge is 0.335 e. The molecule has 0 bridgehead atoms. The van der Waals surface area contributed by atoms with Crippen molar-refractivity contribution >= 4 is 17.6 Å². The minimum absolute atomic E-state index is 0.0960. The van der Waals surface area contributed by atoms with Crippen LogP contribution in [0.5, 0.6) is 0 Å². The van der Waals surface area contributed by atoms with Crippen LogP contribution in [0.2, 0.25) is 5.02 Å². The fourth-order valence-corrected chi connectivity index (χ4v) is 1.94. The number of carboxylic acids is 1. The van der Waals surface area contributed by atoms with Gasteiger partial charge in [-0.2, -0.15) is 0 Å². The van der Waals surface area contributed by atoms with Crippen LogP contribution in [0.15, 0.2) is 42.5 Å². The standard InChI is InChI=1S/C15H12ClFO3/c16-14-4-2-1-3-11(14)9-20-8-10-5-12(15(18)19)7-13(17)6-10/h1-7H,8-9H2,(H,18,19). The van der Waals surface area contributed by atoms with Crippen molar-refractivity contribution in [3.63, 3.8) is 0 Å². The minimum Gasteiger partial charge on any atom is -0.478 e. The zero-order valence-corrected chi connectivity index (χ0v) is 11.2. The third-order valence-electron chi connectivity index (χ3n) is 2.69. The molecule has 0 spiro atoms. The van der Waals surface area contributed by atoms with E-state index in [0.717, 1.165) is 11.6 Å². The molecule has 2 rings (SSSR count). The molecule has 0 fully saturated rings. The highest BCUT2D eigenvalue weighted by atomic mass is 35.5. The van der Waals surface area contributed by atoms with Gasteiger partial charge in [-0.05, 0) is 35.4 Å². The normalized spacial score (nSPS) is 10.5. The monoisotopic (exact) mass is 294 g/mol. The predicted octanol–water partition coefficient (Wildman–Crippen LogP) is 3.89. The van der Waals surface area contributed by atoms with E-state index in [4.69, 9.17) is 21.4 Å². The molecule has 0 amide bonds. The lowest BCUT2D eigenvalue weighted by molar-refractivity contribution is 0.0695. The Bertz CT molecular complexity index is 628. The number of ether oxygens (including phenoxy) is 1. The molecule has 5 heteroatoms. The molecular weight excluding hydrogens is 283 g/mol. The van der Waals surface area contributed by atoms with Crippen LogP contribution in [-0.2, 0) is 18.0 Å². The number of hydrogen-bond acceptors (Lipinski definition) is 2. The van der Waals surface area contributed by atoms with Gasteiger partial charge in [0.2, 0.25) is 0 Å². The van der Waals surface area contributed by atoms with E-state index in [2.05, 4.69) is 0 Å². The Morgan fingerprint density at radius 2 is 1.95 bits per heavy atom. The van der Waals surface area contributed by atoms with Gasteiger partial charge >= 0.3 is 5.97 Å². The van der Waals surface area contributed by atoms with Gasteiger partial charge in [0.1, 0.15) is 5.82 Å². The summed E-state index contributed by atoms with van der Waals surface area (Å²) in [7, 11) is 0. The first-order valence-corrected chi connectivity index (χ1v) is 6.28. The van der Waals surface area contributed by atoms with Crippen LogP contribution in [-0.4, -0.2) is 11.1 Å². The van der Waals surface area contributed by atoms with Crippen molar-refractivity contribution in [2.45, 2.75) is 13.2 Å². The molecule has 0 aliphatic carbocycles. The topological polar surface area (TPSA) is 46.5 Å². The summed E-state index contributed by atoms with van der Waals surface area (Å²) in [5.41, 5.74) is 1.19. The van der Waals surface area contributed by atoms with Crippen LogP contribution in [0.4, 0.5) is 4.39 Å². The lowest BCUT2D eigenvalue weighted by atomic mass is 10.1. The van der Waals surface area contributed by atoms with Crippen molar-refractivity contribution in [1.82, 2.24) is 0 Å². The van der Waals surface area contributed by atoms with Gasteiger partial charge in [-0.1, -0.05) is 29.8 Å². The molecule has 1 N–H and O–H groups in total. The Morgan fingerprint density at radius 3 is 2.65 bits per heavy atom. The van der Waals surface area contributed by atoms with Crippen molar-refractivity contribution in [3.05, 3.63) is 70.0 Å². The molecule has 20 heavy (non-hydrogen) atoms. The highest BCUT2D eigenvalue weighted by Crippen LogP contribution is 2.17. The molecule has 0 saturated heterocycles. The number of carboxylic acid groups (broad SMARTS) is 1. The summed E-state index contributed by atoms with van der Waals surface area (Å²) in [6, 6.07) is 10.9. The summed E-state index contributed by atoms with van der Waals surface area (Å²) < 4.78 is 18.7. The van der Waals surface area contributed by atoms with Crippen LogP contribution >= 0.6 is 11.6 Å². The fraction of sp³-hybridized carbons (Fsp3) is 0.133. The van der Waals surface area contributed by atoms with Gasteiger partial charge in [0.25, 0.3) is 0 Å². The second-order valence-corrected chi connectivity index (χ2v) is 4.64. The Labute approximate surface area is 120 Å². The largest absolute Gasteiger partial charge is 0.478 e. The molecule has 0 atom stereocenters. The third-order valence-corrected chi connectivity index (χ3v) is 3.06. The van der Waals surface area contributed by atoms with Crippen molar-refractivity contribution in [3.8, 4) is 0 Å². The van der Waals surface area contributed by atoms with Crippen molar-refractivity contribution < 1.29 is 19.0 Å². The number of rotatable bonds is 5. The second-order valence-electron chi connectivity index (χ2n) is 4.24. The van der Waals surface area contributed by atoms with Crippen LogP contribution in [0.25, 0.3) is 0 Å². The van der Waals surface area contributed by atoms with Gasteiger partial charge in [-0.15, -0.1) is 0 Å². The van der Waals surface area contributed by atoms with Crippen LogP contribution in [0, 0.1) is 5.82 Å². The third kappa shape index (κ3) is 3.79. The molecule has 3 nitrogen and oxygen atoms in total. The summed E-state index contributed by atoms with van der Waals surface area (Å²) >= 11 is 5.98. The molecule has 104 valence electrons. The maximum absolute atomic E-state index is 13.3. The van der Waals surface area contributed by atoms with Crippen LogP contribution in [0.1, 0.15) is 21.5 Å². The molecule has 0 unspecified atom stereocenters. The van der Waals surface area contributed by atoms with E-state index in [-0.39, 0.29) is 18.8 Å². The molecule has 0 aliphatic heterocycles. The Balaban J connectivity index is 2.01. The SMILES string of the molecule is O=C(O)c1cc(F)cc(COCc2ccccc2Cl)c1. The van der Waals surface area contributed by atoms with Gasteiger partial charge in [-0.3, -0.25) is 0 Å². The number of benzene rings is 2. The first kappa shape index (κ1) is 14.5. The number of carbonyl (C=O) groups is 1. The summed E-state index contributed by atoms with van der Waals surface area (Å²) in [6.07, 6.45) is 0. The van der Waals surface area contributed by atoms with Crippen molar-refractivity contribution in [1.29, 1.82) is 0 Å². The molecular formula is C15H12ClFO3.